The Kier molecular flexibility index (Phi) is 3.79. The third kappa shape index (κ3) is 2.89. The van der Waals surface area contributed by atoms with Crippen LogP contribution in [0.25, 0.3) is 0 Å². The fraction of sp³-hybridized carbons (Fsp3) is 0.0526. The highest BCUT2D eigenvalue weighted by Crippen LogP contribution is 2.26. The molecule has 0 saturated heterocycles. The van der Waals surface area contributed by atoms with Crippen molar-refractivity contribution >= 4 is 5.69 Å². The summed E-state index contributed by atoms with van der Waals surface area (Å²) in [5, 5.41) is 3.61. The molecule has 3 aromatic rings. The minimum atomic E-state index is 0.166. The minimum absolute atomic E-state index is 0.166. The summed E-state index contributed by atoms with van der Waals surface area (Å²) in [5.74, 6) is 0. The summed E-state index contributed by atoms with van der Waals surface area (Å²) in [7, 11) is 0. The smallest absolute Gasteiger partial charge is 0.0767 e. The van der Waals surface area contributed by atoms with E-state index in [4.69, 9.17) is 0 Å². The maximum atomic E-state index is 3.61. The van der Waals surface area contributed by atoms with Crippen molar-refractivity contribution in [1.29, 1.82) is 0 Å². The number of rotatable bonds is 4. The summed E-state index contributed by atoms with van der Waals surface area (Å²) in [6.07, 6.45) is 0. The Morgan fingerprint density at radius 3 is 1.35 bits per heavy atom. The predicted molar refractivity (Wildman–Crippen MR) is 84.8 cm³/mol. The third-order valence-electron chi connectivity index (χ3n) is 3.35. The normalized spacial score (nSPS) is 10.4. The molecular weight excluding hydrogens is 241 g/mol. The minimum Gasteiger partial charge on any atom is -0.374 e. The molecule has 0 aliphatic carbocycles. The van der Waals surface area contributed by atoms with Gasteiger partial charge in [0, 0.05) is 5.69 Å². The van der Waals surface area contributed by atoms with Crippen LogP contribution >= 0.6 is 0 Å². The molecule has 3 rings (SSSR count). The van der Waals surface area contributed by atoms with Crippen molar-refractivity contribution in [3.05, 3.63) is 102 Å². The van der Waals surface area contributed by atoms with E-state index in [1.54, 1.807) is 0 Å². The van der Waals surface area contributed by atoms with E-state index in [1.165, 1.54) is 11.1 Å². The van der Waals surface area contributed by atoms with Crippen molar-refractivity contribution in [1.82, 2.24) is 0 Å². The number of benzene rings is 3. The molecule has 0 spiro atoms. The van der Waals surface area contributed by atoms with Gasteiger partial charge in [-0.15, -0.1) is 0 Å². The Bertz CT molecular complexity index is 593. The molecule has 1 nitrogen and oxygen atoms in total. The van der Waals surface area contributed by atoms with Crippen LogP contribution in [0.15, 0.2) is 91.0 Å². The maximum Gasteiger partial charge on any atom is 0.0767 e. The molecule has 0 amide bonds. The van der Waals surface area contributed by atoms with Gasteiger partial charge in [-0.3, -0.25) is 0 Å². The van der Waals surface area contributed by atoms with Crippen molar-refractivity contribution < 1.29 is 0 Å². The predicted octanol–water partition coefficient (Wildman–Crippen LogP) is 4.89. The molecule has 0 aliphatic heterocycles. The molecule has 0 fully saturated rings. The second-order valence-corrected chi connectivity index (χ2v) is 4.76. The third-order valence-corrected chi connectivity index (χ3v) is 3.35. The first kappa shape index (κ1) is 12.5. The van der Waals surface area contributed by atoms with E-state index in [0.29, 0.717) is 0 Å². The summed E-state index contributed by atoms with van der Waals surface area (Å²) in [5.41, 5.74) is 3.66. The summed E-state index contributed by atoms with van der Waals surface area (Å²) >= 11 is 0. The summed E-state index contributed by atoms with van der Waals surface area (Å²) in [6.45, 7) is 0. The zero-order valence-corrected chi connectivity index (χ0v) is 11.2. The standard InChI is InChI=1S/C19H17N/c1-4-10-16(11-5-1)19(17-12-6-2-7-13-17)20-18-14-8-3-9-15-18/h1-15,19-20H/i19-1. The maximum absolute atomic E-state index is 3.61. The SMILES string of the molecule is c1ccc(N[11CH](c2ccccc2)c2ccccc2)cc1. The molecule has 1 N–H and O–H groups in total. The van der Waals surface area contributed by atoms with Crippen LogP contribution in [0.4, 0.5) is 5.69 Å². The second kappa shape index (κ2) is 6.07. The van der Waals surface area contributed by atoms with Gasteiger partial charge in [-0.1, -0.05) is 78.9 Å². The topological polar surface area (TPSA) is 12.0 Å². The number of anilines is 1. The van der Waals surface area contributed by atoms with Gasteiger partial charge < -0.3 is 5.32 Å². The van der Waals surface area contributed by atoms with E-state index in [-0.39, 0.29) is 6.04 Å². The molecule has 0 atom stereocenters. The van der Waals surface area contributed by atoms with Gasteiger partial charge in [-0.25, -0.2) is 0 Å². The molecule has 0 aliphatic rings. The summed E-state index contributed by atoms with van der Waals surface area (Å²) in [4.78, 5) is 0. The first-order valence-corrected chi connectivity index (χ1v) is 6.85. The van der Waals surface area contributed by atoms with Crippen molar-refractivity contribution in [2.45, 2.75) is 6.04 Å². The van der Waals surface area contributed by atoms with Gasteiger partial charge in [0.25, 0.3) is 0 Å². The van der Waals surface area contributed by atoms with Crippen molar-refractivity contribution in [2.75, 3.05) is 5.32 Å². The zero-order valence-electron chi connectivity index (χ0n) is 11.2. The van der Waals surface area contributed by atoms with E-state index in [2.05, 4.69) is 78.1 Å². The van der Waals surface area contributed by atoms with E-state index < -0.39 is 0 Å². The van der Waals surface area contributed by atoms with Gasteiger partial charge in [-0.2, -0.15) is 0 Å². The van der Waals surface area contributed by atoms with Gasteiger partial charge in [0.1, 0.15) is 0 Å². The molecule has 1 heteroatoms. The number of para-hydroxylation sites is 1. The van der Waals surface area contributed by atoms with Crippen LogP contribution < -0.4 is 5.32 Å². The van der Waals surface area contributed by atoms with Crippen LogP contribution in [0.5, 0.6) is 0 Å². The highest BCUT2D eigenvalue weighted by Gasteiger charge is 2.12. The van der Waals surface area contributed by atoms with E-state index >= 15 is 0 Å². The summed E-state index contributed by atoms with van der Waals surface area (Å²) < 4.78 is 0. The van der Waals surface area contributed by atoms with E-state index in [9.17, 15) is 0 Å². The largest absolute Gasteiger partial charge is 0.374 e. The number of hydrogen-bond donors (Lipinski definition) is 1. The molecule has 0 unspecified atom stereocenters. The summed E-state index contributed by atoms with van der Waals surface area (Å²) in [6, 6.07) is 31.6. The average molecular weight is 258 g/mol. The lowest BCUT2D eigenvalue weighted by atomic mass is 9.61. The van der Waals surface area contributed by atoms with Gasteiger partial charge in [0.05, 0.1) is 6.04 Å². The molecule has 0 saturated carbocycles. The second-order valence-electron chi connectivity index (χ2n) is 4.76. The molecule has 0 aromatic heterocycles. The fourth-order valence-corrected chi connectivity index (χ4v) is 2.35. The van der Waals surface area contributed by atoms with Gasteiger partial charge >= 0.3 is 0 Å². The van der Waals surface area contributed by atoms with Gasteiger partial charge in [0.2, 0.25) is 0 Å². The van der Waals surface area contributed by atoms with E-state index in [0.717, 1.165) is 5.69 Å². The van der Waals surface area contributed by atoms with Crippen molar-refractivity contribution in [3.63, 3.8) is 0 Å². The lowest BCUT2D eigenvalue weighted by molar-refractivity contribution is 0.939. The van der Waals surface area contributed by atoms with Crippen LogP contribution in [0.3, 0.4) is 0 Å². The van der Waals surface area contributed by atoms with Crippen LogP contribution in [-0.4, -0.2) is 0 Å². The lowest BCUT2D eigenvalue weighted by Gasteiger charge is -2.21. The van der Waals surface area contributed by atoms with Crippen molar-refractivity contribution in [2.24, 2.45) is 0 Å². The Morgan fingerprint density at radius 2 is 0.900 bits per heavy atom. The first-order valence-electron chi connectivity index (χ1n) is 6.85. The lowest BCUT2D eigenvalue weighted by Crippen LogP contribution is -2.12. The zero-order chi connectivity index (χ0) is 13.6. The van der Waals surface area contributed by atoms with Crippen LogP contribution in [0.2, 0.25) is 0 Å². The first-order chi connectivity index (χ1) is 9.93. The highest BCUT2D eigenvalue weighted by molar-refractivity contribution is 5.48. The quantitative estimate of drug-likeness (QED) is 0.702. The van der Waals surface area contributed by atoms with Crippen LogP contribution in [0, 0.1) is 0 Å². The Balaban J connectivity index is 1.96. The average Bonchev–Trinajstić information content (AvgIpc) is 2.55. The molecule has 0 heterocycles. The van der Waals surface area contributed by atoms with Crippen LogP contribution in [0.1, 0.15) is 17.2 Å². The van der Waals surface area contributed by atoms with Crippen molar-refractivity contribution in [3.8, 4) is 0 Å². The molecular formula is C19H17N. The Hall–Kier alpha value is -2.54. The Labute approximate surface area is 119 Å². The van der Waals surface area contributed by atoms with E-state index in [1.807, 2.05) is 18.2 Å². The highest BCUT2D eigenvalue weighted by atomic mass is 14.8. The Morgan fingerprint density at radius 1 is 0.500 bits per heavy atom. The fourth-order valence-electron chi connectivity index (χ4n) is 2.35. The van der Waals surface area contributed by atoms with Gasteiger partial charge in [-0.05, 0) is 23.3 Å². The van der Waals surface area contributed by atoms with Crippen LogP contribution in [-0.2, 0) is 0 Å². The molecule has 98 valence electrons. The molecule has 0 radical (unpaired) electrons. The van der Waals surface area contributed by atoms with Gasteiger partial charge in [0.15, 0.2) is 0 Å². The molecule has 3 aromatic carbocycles. The molecule has 0 bridgehead atoms. The number of hydrogen-bond acceptors (Lipinski definition) is 1. The number of nitrogens with one attached hydrogen (secondary N) is 1. The monoisotopic (exact) mass is 258 g/mol. The molecule has 20 heavy (non-hydrogen) atoms.